The Morgan fingerprint density at radius 3 is 2.94 bits per heavy atom. The number of ether oxygens (including phenoxy) is 1. The number of thiophene rings is 1. The predicted molar refractivity (Wildman–Crippen MR) is 73.4 cm³/mol. The standard InChI is InChI=1S/C15H16O2S/c1-17-12-6-2-5-11(8-12)15(16)14-9-10-4-3-7-13(10)18-14/h2,5-6,8-9,15-16H,3-4,7H2,1H3. The molecule has 0 saturated carbocycles. The lowest BCUT2D eigenvalue weighted by molar-refractivity contribution is 0.223. The number of hydrogen-bond acceptors (Lipinski definition) is 3. The van der Waals surface area contributed by atoms with E-state index in [2.05, 4.69) is 6.07 Å². The molecular weight excluding hydrogens is 244 g/mol. The SMILES string of the molecule is COc1cccc(C(O)c2cc3c(s2)CCC3)c1. The molecule has 94 valence electrons. The lowest BCUT2D eigenvalue weighted by Gasteiger charge is -2.10. The highest BCUT2D eigenvalue weighted by Gasteiger charge is 2.19. The van der Waals surface area contributed by atoms with E-state index in [4.69, 9.17) is 4.74 Å². The number of methoxy groups -OCH3 is 1. The van der Waals surface area contributed by atoms with Crippen LogP contribution < -0.4 is 4.74 Å². The number of aryl methyl sites for hydroxylation is 2. The van der Waals surface area contributed by atoms with Crippen molar-refractivity contribution in [3.8, 4) is 5.75 Å². The molecule has 1 aliphatic rings. The van der Waals surface area contributed by atoms with Crippen molar-refractivity contribution in [3.63, 3.8) is 0 Å². The molecule has 3 heteroatoms. The molecule has 0 bridgehead atoms. The Hall–Kier alpha value is -1.32. The Kier molecular flexibility index (Phi) is 3.10. The molecule has 0 saturated heterocycles. The van der Waals surface area contributed by atoms with Gasteiger partial charge in [-0.25, -0.2) is 0 Å². The number of benzene rings is 1. The first-order valence-electron chi connectivity index (χ1n) is 6.21. The third-order valence-electron chi connectivity index (χ3n) is 3.44. The molecule has 1 aromatic heterocycles. The van der Waals surface area contributed by atoms with Gasteiger partial charge in [0.25, 0.3) is 0 Å². The smallest absolute Gasteiger partial charge is 0.119 e. The fraction of sp³-hybridized carbons (Fsp3) is 0.333. The molecule has 0 amide bonds. The van der Waals surface area contributed by atoms with Crippen molar-refractivity contribution >= 4 is 11.3 Å². The van der Waals surface area contributed by atoms with Gasteiger partial charge < -0.3 is 9.84 Å². The summed E-state index contributed by atoms with van der Waals surface area (Å²) in [7, 11) is 1.64. The van der Waals surface area contributed by atoms with Gasteiger partial charge in [0, 0.05) is 9.75 Å². The Labute approximate surface area is 111 Å². The zero-order valence-electron chi connectivity index (χ0n) is 10.3. The third-order valence-corrected chi connectivity index (χ3v) is 4.73. The van der Waals surface area contributed by atoms with Gasteiger partial charge in [-0.2, -0.15) is 0 Å². The minimum absolute atomic E-state index is 0.532. The molecule has 1 atom stereocenters. The molecule has 0 radical (unpaired) electrons. The molecule has 1 unspecified atom stereocenters. The second-order valence-electron chi connectivity index (χ2n) is 4.63. The van der Waals surface area contributed by atoms with Gasteiger partial charge in [0.15, 0.2) is 0 Å². The maximum Gasteiger partial charge on any atom is 0.119 e. The summed E-state index contributed by atoms with van der Waals surface area (Å²) < 4.78 is 5.19. The predicted octanol–water partition coefficient (Wildman–Crippen LogP) is 3.33. The Morgan fingerprint density at radius 2 is 2.17 bits per heavy atom. The van der Waals surface area contributed by atoms with E-state index < -0.39 is 6.10 Å². The van der Waals surface area contributed by atoms with Crippen LogP contribution in [0, 0.1) is 0 Å². The van der Waals surface area contributed by atoms with E-state index in [1.807, 2.05) is 24.3 Å². The van der Waals surface area contributed by atoms with Crippen LogP contribution in [0.15, 0.2) is 30.3 Å². The lowest BCUT2D eigenvalue weighted by atomic mass is 10.1. The van der Waals surface area contributed by atoms with Crippen LogP contribution in [0.3, 0.4) is 0 Å². The molecule has 18 heavy (non-hydrogen) atoms. The molecule has 1 heterocycles. The molecule has 0 aliphatic heterocycles. The Balaban J connectivity index is 1.90. The van der Waals surface area contributed by atoms with E-state index in [0.29, 0.717) is 0 Å². The summed E-state index contributed by atoms with van der Waals surface area (Å²) in [6, 6.07) is 9.81. The summed E-state index contributed by atoms with van der Waals surface area (Å²) in [6.07, 6.45) is 3.06. The van der Waals surface area contributed by atoms with E-state index in [1.54, 1.807) is 18.4 Å². The second-order valence-corrected chi connectivity index (χ2v) is 5.80. The Bertz CT molecular complexity index is 538. The number of aliphatic hydroxyl groups excluding tert-OH is 1. The number of fused-ring (bicyclic) bond motifs is 1. The van der Waals surface area contributed by atoms with Crippen molar-refractivity contribution in [1.82, 2.24) is 0 Å². The molecule has 1 aliphatic carbocycles. The minimum Gasteiger partial charge on any atom is -0.497 e. The number of hydrogen-bond donors (Lipinski definition) is 1. The van der Waals surface area contributed by atoms with Crippen LogP contribution in [-0.4, -0.2) is 12.2 Å². The molecule has 0 spiro atoms. The van der Waals surface area contributed by atoms with Crippen molar-refractivity contribution in [2.24, 2.45) is 0 Å². The van der Waals surface area contributed by atoms with Crippen LogP contribution in [-0.2, 0) is 12.8 Å². The molecule has 2 aromatic rings. The van der Waals surface area contributed by atoms with Gasteiger partial charge >= 0.3 is 0 Å². The van der Waals surface area contributed by atoms with Crippen molar-refractivity contribution in [2.75, 3.05) is 7.11 Å². The topological polar surface area (TPSA) is 29.5 Å². The van der Waals surface area contributed by atoms with Crippen LogP contribution >= 0.6 is 11.3 Å². The van der Waals surface area contributed by atoms with E-state index in [1.165, 1.54) is 23.3 Å². The Morgan fingerprint density at radius 1 is 1.28 bits per heavy atom. The van der Waals surface area contributed by atoms with Crippen LogP contribution in [0.25, 0.3) is 0 Å². The fourth-order valence-corrected chi connectivity index (χ4v) is 3.73. The van der Waals surface area contributed by atoms with Crippen LogP contribution in [0.2, 0.25) is 0 Å². The van der Waals surface area contributed by atoms with Crippen LogP contribution in [0.5, 0.6) is 5.75 Å². The summed E-state index contributed by atoms with van der Waals surface area (Å²) in [5, 5.41) is 10.4. The molecule has 1 aromatic carbocycles. The van der Waals surface area contributed by atoms with Gasteiger partial charge in [-0.3, -0.25) is 0 Å². The van der Waals surface area contributed by atoms with E-state index in [9.17, 15) is 5.11 Å². The summed E-state index contributed by atoms with van der Waals surface area (Å²) in [6.45, 7) is 0. The molecule has 3 rings (SSSR count). The lowest BCUT2D eigenvalue weighted by Crippen LogP contribution is -1.97. The first-order chi connectivity index (χ1) is 8.78. The monoisotopic (exact) mass is 260 g/mol. The van der Waals surface area contributed by atoms with E-state index >= 15 is 0 Å². The quantitative estimate of drug-likeness (QED) is 0.917. The average Bonchev–Trinajstić information content (AvgIpc) is 2.98. The fourth-order valence-electron chi connectivity index (χ4n) is 2.46. The molecule has 0 fully saturated rings. The van der Waals surface area contributed by atoms with Crippen LogP contribution in [0.4, 0.5) is 0 Å². The van der Waals surface area contributed by atoms with Gasteiger partial charge in [0.1, 0.15) is 11.9 Å². The van der Waals surface area contributed by atoms with E-state index in [0.717, 1.165) is 22.6 Å². The zero-order chi connectivity index (χ0) is 12.5. The van der Waals surface area contributed by atoms with Gasteiger partial charge in [-0.1, -0.05) is 12.1 Å². The van der Waals surface area contributed by atoms with Gasteiger partial charge in [0.2, 0.25) is 0 Å². The second kappa shape index (κ2) is 4.75. The van der Waals surface area contributed by atoms with Gasteiger partial charge in [-0.15, -0.1) is 11.3 Å². The summed E-state index contributed by atoms with van der Waals surface area (Å²) in [4.78, 5) is 2.50. The van der Waals surface area contributed by atoms with Crippen molar-refractivity contribution < 1.29 is 9.84 Å². The maximum atomic E-state index is 10.4. The maximum absolute atomic E-state index is 10.4. The van der Waals surface area contributed by atoms with Crippen molar-refractivity contribution in [1.29, 1.82) is 0 Å². The number of aliphatic hydroxyl groups is 1. The normalized spacial score (nSPS) is 15.4. The average molecular weight is 260 g/mol. The highest BCUT2D eigenvalue weighted by molar-refractivity contribution is 7.12. The summed E-state index contributed by atoms with van der Waals surface area (Å²) in [5.74, 6) is 0.788. The first-order valence-corrected chi connectivity index (χ1v) is 7.03. The van der Waals surface area contributed by atoms with Gasteiger partial charge in [-0.05, 0) is 48.6 Å². The summed E-state index contributed by atoms with van der Waals surface area (Å²) >= 11 is 1.75. The third kappa shape index (κ3) is 2.04. The highest BCUT2D eigenvalue weighted by Crippen LogP contribution is 2.36. The zero-order valence-corrected chi connectivity index (χ0v) is 11.2. The van der Waals surface area contributed by atoms with Crippen molar-refractivity contribution in [3.05, 3.63) is 51.2 Å². The highest BCUT2D eigenvalue weighted by atomic mass is 32.1. The van der Waals surface area contributed by atoms with Crippen LogP contribution in [0.1, 0.15) is 33.4 Å². The largest absolute Gasteiger partial charge is 0.497 e. The van der Waals surface area contributed by atoms with Crippen molar-refractivity contribution in [2.45, 2.75) is 25.4 Å². The molecule has 1 N–H and O–H groups in total. The minimum atomic E-state index is -0.532. The number of rotatable bonds is 3. The molecular formula is C15H16O2S. The summed E-state index contributed by atoms with van der Waals surface area (Å²) in [5.41, 5.74) is 2.33. The first kappa shape index (κ1) is 11.8. The van der Waals surface area contributed by atoms with Gasteiger partial charge in [0.05, 0.1) is 7.11 Å². The molecule has 2 nitrogen and oxygen atoms in total. The van der Waals surface area contributed by atoms with E-state index in [-0.39, 0.29) is 0 Å².